The van der Waals surface area contributed by atoms with Crippen molar-refractivity contribution in [1.29, 1.82) is 0 Å². The Bertz CT molecular complexity index is 1560. The minimum Gasteiger partial charge on any atom is -0.233 e. The van der Waals surface area contributed by atoms with Crippen molar-refractivity contribution < 1.29 is 32.6 Å². The molecule has 40 heavy (non-hydrogen) atoms. The van der Waals surface area contributed by atoms with Crippen molar-refractivity contribution in [3.8, 4) is 11.4 Å². The van der Waals surface area contributed by atoms with Gasteiger partial charge in [-0.2, -0.15) is 13.2 Å². The summed E-state index contributed by atoms with van der Waals surface area (Å²) >= 11 is 0. The van der Waals surface area contributed by atoms with Crippen LogP contribution in [0.25, 0.3) is 11.4 Å². The van der Waals surface area contributed by atoms with E-state index in [4.69, 9.17) is 0 Å². The standard InChI is InChI=1S/C28H19F8N3S/c29-28(30,31)24-16-20(17-25(18-24)40(32,33,34,35)36)26-37-19-39(38-26)27(21-10-4-1-5-11-21,22-12-6-2-7-13-22)23-14-8-3-9-15-23/h1-19H. The normalized spacial score (nSPS) is 14.4. The Labute approximate surface area is 223 Å². The van der Waals surface area contributed by atoms with Gasteiger partial charge in [0.15, 0.2) is 5.82 Å². The van der Waals surface area contributed by atoms with E-state index in [1.54, 1.807) is 91.0 Å². The van der Waals surface area contributed by atoms with Gasteiger partial charge in [-0.05, 0) is 34.9 Å². The van der Waals surface area contributed by atoms with E-state index in [1.165, 1.54) is 4.68 Å². The third-order valence-corrected chi connectivity index (χ3v) is 7.47. The van der Waals surface area contributed by atoms with Gasteiger partial charge in [-0.15, -0.1) is 5.10 Å². The number of nitrogens with zero attached hydrogens (tertiary/aromatic N) is 3. The first-order valence-corrected chi connectivity index (χ1v) is 13.6. The molecule has 0 aliphatic heterocycles. The number of hydrogen-bond acceptors (Lipinski definition) is 2. The van der Waals surface area contributed by atoms with Gasteiger partial charge in [-0.1, -0.05) is 110 Å². The molecule has 0 amide bonds. The topological polar surface area (TPSA) is 30.7 Å². The predicted molar refractivity (Wildman–Crippen MR) is 136 cm³/mol. The van der Waals surface area contributed by atoms with Crippen LogP contribution in [0.2, 0.25) is 0 Å². The Morgan fingerprint density at radius 2 is 1.02 bits per heavy atom. The molecule has 0 N–H and O–H groups in total. The molecule has 1 heterocycles. The molecule has 0 saturated heterocycles. The summed E-state index contributed by atoms with van der Waals surface area (Å²) in [6.07, 6.45) is -4.18. The highest BCUT2D eigenvalue weighted by Crippen LogP contribution is 3.02. The second kappa shape index (κ2) is 8.65. The molecule has 5 aromatic rings. The Hall–Kier alpha value is -4.19. The van der Waals surface area contributed by atoms with Crippen LogP contribution >= 0.6 is 10.2 Å². The van der Waals surface area contributed by atoms with Crippen LogP contribution in [0.4, 0.5) is 32.6 Å². The van der Waals surface area contributed by atoms with Crippen LogP contribution in [-0.4, -0.2) is 14.8 Å². The van der Waals surface area contributed by atoms with E-state index in [9.17, 15) is 32.6 Å². The minimum atomic E-state index is -10.5. The van der Waals surface area contributed by atoms with Gasteiger partial charge in [-0.3, -0.25) is 0 Å². The smallest absolute Gasteiger partial charge is 0.233 e. The second-order valence-electron chi connectivity index (χ2n) is 9.03. The van der Waals surface area contributed by atoms with Crippen molar-refractivity contribution in [1.82, 2.24) is 14.8 Å². The molecule has 0 atom stereocenters. The number of alkyl halides is 3. The quantitative estimate of drug-likeness (QED) is 0.148. The van der Waals surface area contributed by atoms with Crippen LogP contribution in [0.3, 0.4) is 0 Å². The molecule has 1 aromatic heterocycles. The lowest BCUT2D eigenvalue weighted by Gasteiger charge is -2.40. The van der Waals surface area contributed by atoms with Crippen molar-refractivity contribution in [2.75, 3.05) is 0 Å². The molecule has 5 rings (SSSR count). The average molecular weight is 582 g/mol. The van der Waals surface area contributed by atoms with Crippen molar-refractivity contribution >= 4 is 10.2 Å². The van der Waals surface area contributed by atoms with Gasteiger partial charge in [0.25, 0.3) is 0 Å². The molecule has 3 nitrogen and oxygen atoms in total. The van der Waals surface area contributed by atoms with E-state index in [0.717, 1.165) is 6.33 Å². The Morgan fingerprint density at radius 3 is 1.43 bits per heavy atom. The molecule has 0 bridgehead atoms. The molecule has 0 unspecified atom stereocenters. The van der Waals surface area contributed by atoms with Crippen LogP contribution in [0.15, 0.2) is 120 Å². The highest BCUT2D eigenvalue weighted by atomic mass is 32.5. The van der Waals surface area contributed by atoms with Crippen LogP contribution in [0, 0.1) is 0 Å². The summed E-state index contributed by atoms with van der Waals surface area (Å²) in [6.45, 7) is 0. The Kier molecular flexibility index (Phi) is 5.92. The average Bonchev–Trinajstić information content (AvgIpc) is 3.40. The lowest BCUT2D eigenvalue weighted by atomic mass is 9.77. The van der Waals surface area contributed by atoms with Crippen LogP contribution < -0.4 is 0 Å². The molecule has 0 spiro atoms. The zero-order valence-corrected chi connectivity index (χ0v) is 21.1. The first-order valence-electron chi connectivity index (χ1n) is 11.6. The maximum Gasteiger partial charge on any atom is 0.416 e. The summed E-state index contributed by atoms with van der Waals surface area (Å²) in [7, 11) is -10.5. The summed E-state index contributed by atoms with van der Waals surface area (Å²) in [5.41, 5.74) is -2.08. The van der Waals surface area contributed by atoms with Gasteiger partial charge in [0.2, 0.25) is 0 Å². The van der Waals surface area contributed by atoms with Gasteiger partial charge in [0, 0.05) is 5.56 Å². The minimum absolute atomic E-state index is 0.0499. The molecular weight excluding hydrogens is 562 g/mol. The van der Waals surface area contributed by atoms with Crippen molar-refractivity contribution in [3.05, 3.63) is 138 Å². The molecule has 12 heteroatoms. The summed E-state index contributed by atoms with van der Waals surface area (Å²) < 4.78 is 110. The van der Waals surface area contributed by atoms with E-state index in [-0.39, 0.29) is 6.07 Å². The summed E-state index contributed by atoms with van der Waals surface area (Å²) in [6, 6.07) is 26.3. The summed E-state index contributed by atoms with van der Waals surface area (Å²) in [5.74, 6) is -0.596. The largest absolute Gasteiger partial charge is 0.416 e. The monoisotopic (exact) mass is 581 g/mol. The van der Waals surface area contributed by atoms with Crippen molar-refractivity contribution in [3.63, 3.8) is 0 Å². The van der Waals surface area contributed by atoms with Gasteiger partial charge in [0.1, 0.15) is 16.8 Å². The number of halogens is 8. The Morgan fingerprint density at radius 1 is 0.575 bits per heavy atom. The van der Waals surface area contributed by atoms with Gasteiger partial charge in [0.05, 0.1) is 5.56 Å². The first kappa shape index (κ1) is 27.4. The molecule has 0 radical (unpaired) electrons. The SMILES string of the molecule is FC(F)(F)c1cc(-c2ncn(C(c3ccccc3)(c3ccccc3)c3ccccc3)n2)cc(S(F)(F)(F)(F)F)c1. The lowest BCUT2D eigenvalue weighted by Crippen LogP contribution is -2.38. The van der Waals surface area contributed by atoms with E-state index < -0.39 is 49.9 Å². The number of rotatable bonds is 6. The van der Waals surface area contributed by atoms with Crippen molar-refractivity contribution in [2.45, 2.75) is 16.6 Å². The molecule has 0 saturated carbocycles. The fourth-order valence-electron chi connectivity index (χ4n) is 4.61. The van der Waals surface area contributed by atoms with E-state index in [2.05, 4.69) is 10.1 Å². The third-order valence-electron chi connectivity index (χ3n) is 6.35. The summed E-state index contributed by atoms with van der Waals surface area (Å²) in [5, 5.41) is 4.31. The number of hydrogen-bond donors (Lipinski definition) is 0. The fourth-order valence-corrected chi connectivity index (χ4v) is 5.31. The maximum absolute atomic E-state index is 13.7. The third kappa shape index (κ3) is 5.06. The van der Waals surface area contributed by atoms with Gasteiger partial charge in [-0.25, -0.2) is 9.67 Å². The van der Waals surface area contributed by atoms with E-state index in [1.807, 2.05) is 0 Å². The number of benzene rings is 4. The predicted octanol–water partition coefficient (Wildman–Crippen LogP) is 9.46. The van der Waals surface area contributed by atoms with Crippen LogP contribution in [0.1, 0.15) is 22.3 Å². The molecule has 0 fully saturated rings. The molecule has 0 aliphatic carbocycles. The fraction of sp³-hybridized carbons (Fsp3) is 0.0714. The first-order chi connectivity index (χ1) is 18.6. The van der Waals surface area contributed by atoms with E-state index in [0.29, 0.717) is 22.8 Å². The lowest BCUT2D eigenvalue weighted by molar-refractivity contribution is -0.137. The molecule has 0 aliphatic rings. The maximum atomic E-state index is 13.7. The zero-order chi connectivity index (χ0) is 28.9. The number of aromatic nitrogens is 3. The molecule has 208 valence electrons. The van der Waals surface area contributed by atoms with E-state index >= 15 is 0 Å². The van der Waals surface area contributed by atoms with Crippen molar-refractivity contribution in [2.24, 2.45) is 0 Å². The highest BCUT2D eigenvalue weighted by Gasteiger charge is 2.66. The van der Waals surface area contributed by atoms with Gasteiger partial charge < -0.3 is 0 Å². The second-order valence-corrected chi connectivity index (χ2v) is 11.4. The van der Waals surface area contributed by atoms with Crippen LogP contribution in [-0.2, 0) is 11.7 Å². The molecular formula is C28H19F8N3S. The Balaban J connectivity index is 1.80. The van der Waals surface area contributed by atoms with Crippen LogP contribution in [0.5, 0.6) is 0 Å². The van der Waals surface area contributed by atoms with Gasteiger partial charge >= 0.3 is 16.4 Å². The zero-order valence-electron chi connectivity index (χ0n) is 20.2. The summed E-state index contributed by atoms with van der Waals surface area (Å²) in [4.78, 5) is 1.33. The highest BCUT2D eigenvalue weighted by molar-refractivity contribution is 8.45. The molecule has 4 aromatic carbocycles.